The lowest BCUT2D eigenvalue weighted by Crippen LogP contribution is -2.30. The Hall–Kier alpha value is -3.04. The van der Waals surface area contributed by atoms with Crippen LogP contribution in [0.4, 0.5) is 4.39 Å². The Morgan fingerprint density at radius 2 is 1.50 bits per heavy atom. The molecule has 1 aliphatic rings. The van der Waals surface area contributed by atoms with Crippen LogP contribution in [0.1, 0.15) is 49.1 Å². The van der Waals surface area contributed by atoms with Gasteiger partial charge >= 0.3 is 0 Å². The number of halogens is 1. The van der Waals surface area contributed by atoms with Crippen LogP contribution in [0.2, 0.25) is 0 Å². The van der Waals surface area contributed by atoms with Gasteiger partial charge in [0.05, 0.1) is 5.56 Å². The van der Waals surface area contributed by atoms with Gasteiger partial charge in [-0.05, 0) is 60.6 Å². The Morgan fingerprint density at radius 1 is 0.794 bits per heavy atom. The van der Waals surface area contributed by atoms with Gasteiger partial charge in [0.15, 0.2) is 6.20 Å². The molecule has 0 spiro atoms. The maximum absolute atomic E-state index is 15.4. The molecule has 0 atom stereocenters. The van der Waals surface area contributed by atoms with E-state index in [9.17, 15) is 0 Å². The molecule has 0 N–H and O–H groups in total. The van der Waals surface area contributed by atoms with Crippen LogP contribution in [0, 0.1) is 12.7 Å². The minimum absolute atomic E-state index is 0.145. The maximum Gasteiger partial charge on any atom is 0.213 e. The lowest BCUT2D eigenvalue weighted by atomic mass is 9.83. The van der Waals surface area contributed by atoms with E-state index in [0.717, 1.165) is 21.2 Å². The molecule has 0 amide bonds. The topological polar surface area (TPSA) is 3.88 Å². The third-order valence-corrected chi connectivity index (χ3v) is 8.81. The fourth-order valence-electron chi connectivity index (χ4n) is 5.71. The highest BCUT2D eigenvalue weighted by atomic mass is 32.1. The van der Waals surface area contributed by atoms with Gasteiger partial charge in [-0.25, -0.2) is 8.96 Å². The standard InChI is InChI=1S/C31H29FNS/c1-20-11-16-24-25-17-18-26(32)29(23-14-12-22(13-15-23)21-8-4-3-5-9-21)31(25)34-30(24)28(20)27-10-6-7-19-33(27)2/h6-7,10-19,21H,3-5,8-9H2,1-2H3/q+1. The summed E-state index contributed by atoms with van der Waals surface area (Å²) < 4.78 is 19.8. The quantitative estimate of drug-likeness (QED) is 0.234. The first-order valence-electron chi connectivity index (χ1n) is 12.3. The average molecular weight is 467 g/mol. The van der Waals surface area contributed by atoms with Crippen molar-refractivity contribution in [3.63, 3.8) is 0 Å². The van der Waals surface area contributed by atoms with Gasteiger partial charge in [0.2, 0.25) is 5.69 Å². The van der Waals surface area contributed by atoms with Gasteiger partial charge in [0, 0.05) is 37.9 Å². The summed E-state index contributed by atoms with van der Waals surface area (Å²) >= 11 is 1.72. The van der Waals surface area contributed by atoms with Gasteiger partial charge in [-0.1, -0.05) is 55.7 Å². The lowest BCUT2D eigenvalue weighted by Gasteiger charge is -2.22. The molecule has 0 unspecified atom stereocenters. The average Bonchev–Trinajstić information content (AvgIpc) is 3.24. The molecule has 2 aromatic heterocycles. The molecule has 3 aromatic carbocycles. The molecule has 170 valence electrons. The van der Waals surface area contributed by atoms with Crippen LogP contribution in [0.15, 0.2) is 72.9 Å². The largest absolute Gasteiger partial charge is 0.213 e. The van der Waals surface area contributed by atoms with Crippen LogP contribution >= 0.6 is 11.3 Å². The zero-order valence-corrected chi connectivity index (χ0v) is 20.6. The van der Waals surface area contributed by atoms with Gasteiger partial charge < -0.3 is 0 Å². The highest BCUT2D eigenvalue weighted by molar-refractivity contribution is 7.26. The predicted octanol–water partition coefficient (Wildman–Crippen LogP) is 8.71. The molecule has 1 fully saturated rings. The molecular formula is C31H29FNS+. The third-order valence-electron chi connectivity index (χ3n) is 7.55. The smallest absolute Gasteiger partial charge is 0.206 e. The van der Waals surface area contributed by atoms with E-state index >= 15 is 4.39 Å². The van der Waals surface area contributed by atoms with E-state index in [2.05, 4.69) is 73.3 Å². The summed E-state index contributed by atoms with van der Waals surface area (Å²) in [6, 6.07) is 23.0. The molecule has 0 radical (unpaired) electrons. The molecule has 2 heterocycles. The summed E-state index contributed by atoms with van der Waals surface area (Å²) in [6.07, 6.45) is 8.64. The molecule has 34 heavy (non-hydrogen) atoms. The van der Waals surface area contributed by atoms with Crippen LogP contribution in [0.5, 0.6) is 0 Å². The van der Waals surface area contributed by atoms with E-state index < -0.39 is 0 Å². The normalized spacial score (nSPS) is 14.8. The summed E-state index contributed by atoms with van der Waals surface area (Å²) in [7, 11) is 2.08. The van der Waals surface area contributed by atoms with Gasteiger partial charge in [0.25, 0.3) is 0 Å². The number of aromatic nitrogens is 1. The highest BCUT2D eigenvalue weighted by Crippen LogP contribution is 2.45. The summed E-state index contributed by atoms with van der Waals surface area (Å²) in [5, 5.41) is 2.33. The molecule has 1 nitrogen and oxygen atoms in total. The Labute approximate surface area is 204 Å². The molecular weight excluding hydrogens is 437 g/mol. The molecule has 0 aliphatic heterocycles. The van der Waals surface area contributed by atoms with Crippen molar-refractivity contribution in [3.8, 4) is 22.4 Å². The summed E-state index contributed by atoms with van der Waals surface area (Å²) in [4.78, 5) is 0. The van der Waals surface area contributed by atoms with Gasteiger partial charge in [-0.15, -0.1) is 11.3 Å². The number of benzene rings is 3. The van der Waals surface area contributed by atoms with E-state index in [4.69, 9.17) is 0 Å². The van der Waals surface area contributed by atoms with Crippen LogP contribution < -0.4 is 4.57 Å². The summed E-state index contributed by atoms with van der Waals surface area (Å²) in [6.45, 7) is 2.16. The molecule has 3 heteroatoms. The molecule has 1 aliphatic carbocycles. The van der Waals surface area contributed by atoms with Crippen molar-refractivity contribution in [2.45, 2.75) is 44.9 Å². The number of fused-ring (bicyclic) bond motifs is 3. The van der Waals surface area contributed by atoms with E-state index in [1.807, 2.05) is 12.1 Å². The Bertz CT molecular complexity index is 1510. The van der Waals surface area contributed by atoms with Crippen molar-refractivity contribution in [1.82, 2.24) is 0 Å². The third kappa shape index (κ3) is 3.54. The van der Waals surface area contributed by atoms with Crippen LogP contribution in [-0.2, 0) is 7.05 Å². The number of thiophene rings is 1. The zero-order valence-electron chi connectivity index (χ0n) is 19.8. The zero-order chi connectivity index (χ0) is 23.2. The molecule has 0 saturated heterocycles. The summed E-state index contributed by atoms with van der Waals surface area (Å²) in [5.41, 5.74) is 6.76. The second-order valence-corrected chi connectivity index (χ2v) is 10.7. The first kappa shape index (κ1) is 21.5. The molecule has 1 saturated carbocycles. The van der Waals surface area contributed by atoms with E-state index in [0.29, 0.717) is 5.92 Å². The van der Waals surface area contributed by atoms with Gasteiger partial charge in [0.1, 0.15) is 12.9 Å². The van der Waals surface area contributed by atoms with E-state index in [-0.39, 0.29) is 5.82 Å². The van der Waals surface area contributed by atoms with Crippen molar-refractivity contribution >= 4 is 31.5 Å². The van der Waals surface area contributed by atoms with Crippen molar-refractivity contribution < 1.29 is 8.96 Å². The van der Waals surface area contributed by atoms with E-state index in [1.165, 1.54) is 64.6 Å². The van der Waals surface area contributed by atoms with E-state index in [1.54, 1.807) is 17.4 Å². The highest BCUT2D eigenvalue weighted by Gasteiger charge is 2.22. The number of hydrogen-bond acceptors (Lipinski definition) is 1. The monoisotopic (exact) mass is 466 g/mol. The number of nitrogens with zero attached hydrogens (tertiary/aromatic N) is 1. The number of pyridine rings is 1. The Balaban J connectivity index is 1.54. The number of hydrogen-bond donors (Lipinski definition) is 0. The Kier molecular flexibility index (Phi) is 5.45. The first-order valence-corrected chi connectivity index (χ1v) is 13.1. The second kappa shape index (κ2) is 8.63. The number of aryl methyl sites for hydroxylation is 2. The van der Waals surface area contributed by atoms with Crippen LogP contribution in [0.3, 0.4) is 0 Å². The summed E-state index contributed by atoms with van der Waals surface area (Å²) in [5.74, 6) is 0.512. The van der Waals surface area contributed by atoms with Crippen LogP contribution in [-0.4, -0.2) is 0 Å². The van der Waals surface area contributed by atoms with Crippen molar-refractivity contribution in [1.29, 1.82) is 0 Å². The fraction of sp³-hybridized carbons (Fsp3) is 0.258. The van der Waals surface area contributed by atoms with Crippen molar-refractivity contribution in [2.75, 3.05) is 0 Å². The lowest BCUT2D eigenvalue weighted by molar-refractivity contribution is -0.660. The predicted molar refractivity (Wildman–Crippen MR) is 142 cm³/mol. The van der Waals surface area contributed by atoms with Crippen molar-refractivity contribution in [3.05, 3.63) is 89.9 Å². The first-order chi connectivity index (χ1) is 16.6. The SMILES string of the molecule is Cc1ccc2c(sc3c(-c4ccc(C5CCCCC5)cc4)c(F)ccc32)c1-c1cccc[n+]1C. The molecule has 6 rings (SSSR count). The minimum Gasteiger partial charge on any atom is -0.206 e. The maximum atomic E-state index is 15.4. The second-order valence-electron chi connectivity index (χ2n) is 9.69. The fourth-order valence-corrected chi connectivity index (χ4v) is 7.17. The van der Waals surface area contributed by atoms with Crippen LogP contribution in [0.25, 0.3) is 42.6 Å². The Morgan fingerprint density at radius 3 is 2.24 bits per heavy atom. The van der Waals surface area contributed by atoms with Gasteiger partial charge in [-0.2, -0.15) is 0 Å². The molecule has 0 bridgehead atoms. The van der Waals surface area contributed by atoms with Gasteiger partial charge in [-0.3, -0.25) is 0 Å². The minimum atomic E-state index is -0.145. The number of rotatable bonds is 3. The molecule has 5 aromatic rings. The van der Waals surface area contributed by atoms with Crippen molar-refractivity contribution in [2.24, 2.45) is 7.05 Å².